The molecule has 0 fully saturated rings. The summed E-state index contributed by atoms with van der Waals surface area (Å²) in [5.41, 5.74) is 4.17. The fourth-order valence-corrected chi connectivity index (χ4v) is 3.26. The van der Waals surface area contributed by atoms with Crippen LogP contribution in [0, 0.1) is 0 Å². The Hall–Kier alpha value is -2.82. The zero-order chi connectivity index (χ0) is 15.2. The normalized spacial score (nSPS) is 17.2. The first-order valence-electron chi connectivity index (χ1n) is 7.88. The largest absolute Gasteiger partial charge is 0.456 e. The van der Waals surface area contributed by atoms with Gasteiger partial charge in [-0.3, -0.25) is 9.98 Å². The van der Waals surface area contributed by atoms with Crippen LogP contribution in [0.2, 0.25) is 0 Å². The molecular weight excluding hydrogens is 288 g/mol. The number of aliphatic imine (C=N–C) groups is 2. The van der Waals surface area contributed by atoms with E-state index in [9.17, 15) is 0 Å². The molecule has 0 radical (unpaired) electrons. The van der Waals surface area contributed by atoms with Crippen LogP contribution in [0.3, 0.4) is 0 Å². The van der Waals surface area contributed by atoms with Gasteiger partial charge in [0.05, 0.1) is 25.8 Å². The first-order valence-corrected chi connectivity index (χ1v) is 7.88. The molecule has 0 N–H and O–H groups in total. The van der Waals surface area contributed by atoms with E-state index >= 15 is 0 Å². The molecule has 0 saturated carbocycles. The number of hydrogen-bond acceptors (Lipinski definition) is 5. The molecule has 5 heteroatoms. The molecule has 23 heavy (non-hydrogen) atoms. The molecule has 0 unspecified atom stereocenters. The summed E-state index contributed by atoms with van der Waals surface area (Å²) in [5.74, 6) is 0. The van der Waals surface area contributed by atoms with Crippen molar-refractivity contribution < 1.29 is 4.42 Å². The topological polar surface area (TPSA) is 44.3 Å². The molecule has 2 aliphatic rings. The minimum Gasteiger partial charge on any atom is -0.456 e. The van der Waals surface area contributed by atoms with Crippen LogP contribution < -0.4 is 9.80 Å². The standard InChI is InChI=1S/C18H16N4O/c1-3-17-15(9-13(1)21-7-5-19-11-21)16-10-14(2-4-18(16)23-17)22-8-6-20-12-22/h1-4,9-12H,5-8H2. The molecule has 0 amide bonds. The van der Waals surface area contributed by atoms with Crippen molar-refractivity contribution >= 4 is 46.0 Å². The highest BCUT2D eigenvalue weighted by Crippen LogP contribution is 2.34. The third-order valence-electron chi connectivity index (χ3n) is 4.48. The highest BCUT2D eigenvalue weighted by molar-refractivity contribution is 6.08. The van der Waals surface area contributed by atoms with Crippen LogP contribution in [0.25, 0.3) is 21.9 Å². The highest BCUT2D eigenvalue weighted by atomic mass is 16.3. The van der Waals surface area contributed by atoms with E-state index in [1.807, 2.05) is 24.8 Å². The van der Waals surface area contributed by atoms with Crippen LogP contribution in [0.15, 0.2) is 50.8 Å². The number of hydrogen-bond donors (Lipinski definition) is 0. The van der Waals surface area contributed by atoms with Crippen molar-refractivity contribution in [3.63, 3.8) is 0 Å². The Morgan fingerprint density at radius 3 is 1.70 bits per heavy atom. The maximum absolute atomic E-state index is 5.98. The average molecular weight is 304 g/mol. The zero-order valence-corrected chi connectivity index (χ0v) is 12.6. The smallest absolute Gasteiger partial charge is 0.135 e. The Morgan fingerprint density at radius 2 is 1.26 bits per heavy atom. The summed E-state index contributed by atoms with van der Waals surface area (Å²) in [6.07, 6.45) is 3.82. The summed E-state index contributed by atoms with van der Waals surface area (Å²) in [6.45, 7) is 3.61. The summed E-state index contributed by atoms with van der Waals surface area (Å²) >= 11 is 0. The number of fused-ring (bicyclic) bond motifs is 3. The van der Waals surface area contributed by atoms with Gasteiger partial charge in [-0.2, -0.15) is 0 Å². The minimum atomic E-state index is 0.864. The molecule has 3 aromatic rings. The van der Waals surface area contributed by atoms with Gasteiger partial charge in [-0.1, -0.05) is 0 Å². The first-order chi connectivity index (χ1) is 11.4. The van der Waals surface area contributed by atoms with E-state index in [1.165, 1.54) is 0 Å². The Bertz CT molecular complexity index is 880. The molecule has 2 aliphatic heterocycles. The maximum atomic E-state index is 5.98. The van der Waals surface area contributed by atoms with Crippen LogP contribution in [-0.4, -0.2) is 38.9 Å². The molecule has 0 aliphatic carbocycles. The van der Waals surface area contributed by atoms with E-state index in [1.54, 1.807) is 0 Å². The lowest BCUT2D eigenvalue weighted by molar-refractivity contribution is 0.669. The van der Waals surface area contributed by atoms with Gasteiger partial charge in [-0.05, 0) is 36.4 Å². The number of rotatable bonds is 2. The van der Waals surface area contributed by atoms with Gasteiger partial charge in [0.25, 0.3) is 0 Å². The van der Waals surface area contributed by atoms with Crippen LogP contribution in [0.5, 0.6) is 0 Å². The minimum absolute atomic E-state index is 0.864. The highest BCUT2D eigenvalue weighted by Gasteiger charge is 2.14. The van der Waals surface area contributed by atoms with Crippen molar-refractivity contribution in [3.8, 4) is 0 Å². The second-order valence-electron chi connectivity index (χ2n) is 5.89. The van der Waals surface area contributed by atoms with Crippen molar-refractivity contribution in [2.45, 2.75) is 0 Å². The van der Waals surface area contributed by atoms with Crippen molar-refractivity contribution in [2.24, 2.45) is 9.98 Å². The summed E-state index contributed by atoms with van der Waals surface area (Å²) in [4.78, 5) is 12.9. The van der Waals surface area contributed by atoms with Gasteiger partial charge in [0, 0.05) is 35.2 Å². The molecular formula is C18H16N4O. The molecule has 3 heterocycles. The van der Waals surface area contributed by atoms with E-state index in [-0.39, 0.29) is 0 Å². The second kappa shape index (κ2) is 4.84. The van der Waals surface area contributed by atoms with E-state index in [0.717, 1.165) is 59.5 Å². The van der Waals surface area contributed by atoms with E-state index in [0.29, 0.717) is 0 Å². The Kier molecular flexibility index (Phi) is 2.67. The molecule has 0 spiro atoms. The van der Waals surface area contributed by atoms with Crippen LogP contribution in [-0.2, 0) is 0 Å². The lowest BCUT2D eigenvalue weighted by Gasteiger charge is -2.14. The number of benzene rings is 2. The summed E-state index contributed by atoms with van der Waals surface area (Å²) in [7, 11) is 0. The number of nitrogens with zero attached hydrogens (tertiary/aromatic N) is 4. The fourth-order valence-electron chi connectivity index (χ4n) is 3.26. The molecule has 5 nitrogen and oxygen atoms in total. The Balaban J connectivity index is 1.67. The lowest BCUT2D eigenvalue weighted by Crippen LogP contribution is -2.18. The predicted molar refractivity (Wildman–Crippen MR) is 95.1 cm³/mol. The first kappa shape index (κ1) is 12.7. The van der Waals surface area contributed by atoms with Gasteiger partial charge < -0.3 is 14.2 Å². The van der Waals surface area contributed by atoms with Gasteiger partial charge in [0.2, 0.25) is 0 Å². The lowest BCUT2D eigenvalue weighted by atomic mass is 10.1. The quantitative estimate of drug-likeness (QED) is 0.730. The third kappa shape index (κ3) is 2.00. The van der Waals surface area contributed by atoms with Crippen LogP contribution in [0.1, 0.15) is 0 Å². The van der Waals surface area contributed by atoms with Crippen molar-refractivity contribution in [1.29, 1.82) is 0 Å². The summed E-state index contributed by atoms with van der Waals surface area (Å²) in [5, 5.41) is 2.30. The fraction of sp³-hybridized carbons (Fsp3) is 0.222. The molecule has 0 saturated heterocycles. The van der Waals surface area contributed by atoms with Gasteiger partial charge in [-0.25, -0.2) is 0 Å². The van der Waals surface area contributed by atoms with Crippen molar-refractivity contribution in [2.75, 3.05) is 36.0 Å². The molecule has 2 aromatic carbocycles. The van der Waals surface area contributed by atoms with Gasteiger partial charge in [0.15, 0.2) is 0 Å². The summed E-state index contributed by atoms with van der Waals surface area (Å²) < 4.78 is 5.98. The monoisotopic (exact) mass is 304 g/mol. The van der Waals surface area contributed by atoms with Gasteiger partial charge in [0.1, 0.15) is 11.2 Å². The van der Waals surface area contributed by atoms with Crippen LogP contribution >= 0.6 is 0 Å². The number of anilines is 2. The van der Waals surface area contributed by atoms with Gasteiger partial charge >= 0.3 is 0 Å². The predicted octanol–water partition coefficient (Wildman–Crippen LogP) is 3.28. The SMILES string of the molecule is C1=NCCN1c1ccc2oc3ccc(N4C=NCC4)cc3c2c1. The Labute approximate surface area is 133 Å². The molecule has 1 aromatic heterocycles. The number of furan rings is 1. The zero-order valence-electron chi connectivity index (χ0n) is 12.6. The summed E-state index contributed by atoms with van der Waals surface area (Å²) in [6, 6.07) is 12.7. The maximum Gasteiger partial charge on any atom is 0.135 e. The van der Waals surface area contributed by atoms with Crippen LogP contribution in [0.4, 0.5) is 11.4 Å². The molecule has 0 atom stereocenters. The van der Waals surface area contributed by atoms with E-state index in [4.69, 9.17) is 4.42 Å². The Morgan fingerprint density at radius 1 is 0.739 bits per heavy atom. The van der Waals surface area contributed by atoms with E-state index in [2.05, 4.69) is 44.1 Å². The third-order valence-corrected chi connectivity index (χ3v) is 4.48. The average Bonchev–Trinajstić information content (AvgIpc) is 3.33. The molecule has 5 rings (SSSR count). The van der Waals surface area contributed by atoms with Crippen molar-refractivity contribution in [1.82, 2.24) is 0 Å². The van der Waals surface area contributed by atoms with Crippen molar-refractivity contribution in [3.05, 3.63) is 36.4 Å². The second-order valence-corrected chi connectivity index (χ2v) is 5.89. The van der Waals surface area contributed by atoms with Gasteiger partial charge in [-0.15, -0.1) is 0 Å². The molecule has 0 bridgehead atoms. The molecule has 114 valence electrons. The van der Waals surface area contributed by atoms with E-state index < -0.39 is 0 Å².